The van der Waals surface area contributed by atoms with Crippen LogP contribution in [0.1, 0.15) is 19.3 Å². The molecule has 0 radical (unpaired) electrons. The van der Waals surface area contributed by atoms with Crippen LogP contribution < -0.4 is 16.7 Å². The first kappa shape index (κ1) is 15.3. The molecule has 0 saturated carbocycles. The van der Waals surface area contributed by atoms with Crippen LogP contribution in [0.3, 0.4) is 0 Å². The lowest BCUT2D eigenvalue weighted by Crippen LogP contribution is -2.34. The molecule has 0 saturated heterocycles. The Morgan fingerprint density at radius 3 is 2.18 bits per heavy atom. The van der Waals surface area contributed by atoms with Crippen molar-refractivity contribution in [2.24, 2.45) is 5.73 Å². The van der Waals surface area contributed by atoms with Crippen LogP contribution in [0, 0.1) is 0 Å². The Labute approximate surface area is 96.8 Å². The van der Waals surface area contributed by atoms with Crippen LogP contribution in [-0.2, 0) is 19.1 Å². The van der Waals surface area contributed by atoms with Crippen molar-refractivity contribution >= 4 is 17.8 Å². The predicted octanol–water partition coefficient (Wildman–Crippen LogP) is -1.96. The molecule has 6 N–H and O–H groups in total. The van der Waals surface area contributed by atoms with Crippen LogP contribution >= 0.6 is 0 Å². The molecule has 0 rings (SSSR count). The number of ether oxygens (including phenoxy) is 1. The number of rotatable bonds is 7. The molecular formula is C8H15N3O6. The van der Waals surface area contributed by atoms with E-state index in [1.165, 1.54) is 11.0 Å². The minimum absolute atomic E-state index is 0.0113. The van der Waals surface area contributed by atoms with E-state index in [-0.39, 0.29) is 25.9 Å². The molecule has 9 heteroatoms. The monoisotopic (exact) mass is 249 g/mol. The summed E-state index contributed by atoms with van der Waals surface area (Å²) in [5.74, 6) is -2.11. The van der Waals surface area contributed by atoms with Gasteiger partial charge in [-0.05, 0) is 6.42 Å². The van der Waals surface area contributed by atoms with E-state index >= 15 is 0 Å². The number of esters is 1. The molecule has 0 aliphatic heterocycles. The van der Waals surface area contributed by atoms with E-state index in [1.807, 2.05) is 0 Å². The molecule has 9 nitrogen and oxygen atoms in total. The SMILES string of the molecule is N[C@@H](CCC(=O)NO)C(=O)OCCC(=O)NO. The van der Waals surface area contributed by atoms with Gasteiger partial charge in [0.25, 0.3) is 0 Å². The quantitative estimate of drug-likeness (QED) is 0.199. The molecule has 0 unspecified atom stereocenters. The molecule has 0 aromatic heterocycles. The Balaban J connectivity index is 3.74. The minimum atomic E-state index is -1.01. The second kappa shape index (κ2) is 8.44. The van der Waals surface area contributed by atoms with Crippen LogP contribution in [0.4, 0.5) is 0 Å². The lowest BCUT2D eigenvalue weighted by molar-refractivity contribution is -0.146. The molecule has 0 aromatic carbocycles. The smallest absolute Gasteiger partial charge is 0.322 e. The van der Waals surface area contributed by atoms with Crippen molar-refractivity contribution in [3.63, 3.8) is 0 Å². The number of hydrogen-bond donors (Lipinski definition) is 5. The number of carbonyl (C=O) groups excluding carboxylic acids is 3. The molecule has 0 bridgehead atoms. The van der Waals surface area contributed by atoms with Gasteiger partial charge < -0.3 is 10.5 Å². The standard InChI is InChI=1S/C8H15N3O6/c9-5(1-2-6(12)10-15)8(14)17-4-3-7(13)11-16/h5,15-16H,1-4,9H2,(H,10,12)(H,11,13)/t5-/m0/s1. The second-order valence-electron chi connectivity index (χ2n) is 3.13. The molecule has 0 fully saturated rings. The number of carbonyl (C=O) groups is 3. The molecule has 1 atom stereocenters. The third-order valence-corrected chi connectivity index (χ3v) is 1.81. The average molecular weight is 249 g/mol. The van der Waals surface area contributed by atoms with Crippen molar-refractivity contribution in [3.05, 3.63) is 0 Å². The molecule has 2 amide bonds. The highest BCUT2D eigenvalue weighted by atomic mass is 16.5. The zero-order chi connectivity index (χ0) is 13.3. The van der Waals surface area contributed by atoms with Crippen LogP contribution in [0.25, 0.3) is 0 Å². The fourth-order valence-corrected chi connectivity index (χ4v) is 0.868. The molecule has 0 aliphatic rings. The highest BCUT2D eigenvalue weighted by Crippen LogP contribution is 1.98. The van der Waals surface area contributed by atoms with E-state index in [0.717, 1.165) is 0 Å². The minimum Gasteiger partial charge on any atom is -0.464 e. The van der Waals surface area contributed by atoms with Gasteiger partial charge in [0.05, 0.1) is 6.42 Å². The maximum atomic E-state index is 11.2. The summed E-state index contributed by atoms with van der Waals surface area (Å²) in [7, 11) is 0. The summed E-state index contributed by atoms with van der Waals surface area (Å²) in [4.78, 5) is 32.4. The van der Waals surface area contributed by atoms with E-state index in [4.69, 9.17) is 16.1 Å². The first-order valence-corrected chi connectivity index (χ1v) is 4.79. The average Bonchev–Trinajstić information content (AvgIpc) is 2.34. The van der Waals surface area contributed by atoms with Gasteiger partial charge in [0, 0.05) is 6.42 Å². The number of nitrogens with one attached hydrogen (secondary N) is 2. The van der Waals surface area contributed by atoms with Gasteiger partial charge >= 0.3 is 5.97 Å². The number of hydroxylamine groups is 2. The van der Waals surface area contributed by atoms with E-state index < -0.39 is 23.8 Å². The topological polar surface area (TPSA) is 151 Å². The van der Waals surface area contributed by atoms with Gasteiger partial charge in [0.15, 0.2) is 0 Å². The summed E-state index contributed by atoms with van der Waals surface area (Å²) in [6.45, 7) is -0.217. The van der Waals surface area contributed by atoms with Gasteiger partial charge in [-0.1, -0.05) is 0 Å². The maximum absolute atomic E-state index is 11.2. The predicted molar refractivity (Wildman–Crippen MR) is 52.6 cm³/mol. The molecule has 0 spiro atoms. The van der Waals surface area contributed by atoms with Gasteiger partial charge in [-0.25, -0.2) is 11.0 Å². The number of hydrogen-bond acceptors (Lipinski definition) is 7. The van der Waals surface area contributed by atoms with E-state index in [2.05, 4.69) is 4.74 Å². The van der Waals surface area contributed by atoms with E-state index in [9.17, 15) is 14.4 Å². The zero-order valence-electron chi connectivity index (χ0n) is 9.01. The van der Waals surface area contributed by atoms with Crippen molar-refractivity contribution < 1.29 is 29.5 Å². The molecule has 17 heavy (non-hydrogen) atoms. The second-order valence-corrected chi connectivity index (χ2v) is 3.13. The maximum Gasteiger partial charge on any atom is 0.322 e. The fourth-order valence-electron chi connectivity index (χ4n) is 0.868. The van der Waals surface area contributed by atoms with Gasteiger partial charge in [0.2, 0.25) is 11.8 Å². The summed E-state index contributed by atoms with van der Waals surface area (Å²) < 4.78 is 4.61. The molecule has 0 heterocycles. The molecule has 0 aliphatic carbocycles. The summed E-state index contributed by atoms with van der Waals surface area (Å²) in [5.41, 5.74) is 8.15. The fraction of sp³-hybridized carbons (Fsp3) is 0.625. The first-order valence-electron chi connectivity index (χ1n) is 4.79. The van der Waals surface area contributed by atoms with E-state index in [1.54, 1.807) is 0 Å². The summed E-state index contributed by atoms with van der Waals surface area (Å²) >= 11 is 0. The van der Waals surface area contributed by atoms with E-state index in [0.29, 0.717) is 0 Å². The Bertz CT molecular complexity index is 282. The summed E-state index contributed by atoms with van der Waals surface area (Å²) in [6, 6.07) is -1.01. The highest BCUT2D eigenvalue weighted by molar-refractivity contribution is 5.79. The number of nitrogens with two attached hydrogens (primary N) is 1. The highest BCUT2D eigenvalue weighted by Gasteiger charge is 2.16. The van der Waals surface area contributed by atoms with Gasteiger partial charge in [-0.3, -0.25) is 24.8 Å². The van der Waals surface area contributed by atoms with Gasteiger partial charge in [-0.15, -0.1) is 0 Å². The lowest BCUT2D eigenvalue weighted by atomic mass is 10.1. The van der Waals surface area contributed by atoms with Crippen molar-refractivity contribution in [1.82, 2.24) is 11.0 Å². The summed E-state index contributed by atoms with van der Waals surface area (Å²) in [6.07, 6.45) is -0.298. The third-order valence-electron chi connectivity index (χ3n) is 1.81. The third kappa shape index (κ3) is 7.22. The zero-order valence-corrected chi connectivity index (χ0v) is 9.01. The Morgan fingerprint density at radius 1 is 1.12 bits per heavy atom. The van der Waals surface area contributed by atoms with Crippen molar-refractivity contribution in [2.45, 2.75) is 25.3 Å². The van der Waals surface area contributed by atoms with Crippen LogP contribution in [0.15, 0.2) is 0 Å². The molecule has 98 valence electrons. The van der Waals surface area contributed by atoms with Crippen LogP contribution in [0.5, 0.6) is 0 Å². The lowest BCUT2D eigenvalue weighted by Gasteiger charge is -2.10. The Kier molecular flexibility index (Phi) is 7.59. The van der Waals surface area contributed by atoms with Crippen LogP contribution in [0.2, 0.25) is 0 Å². The molecule has 0 aromatic rings. The van der Waals surface area contributed by atoms with Crippen molar-refractivity contribution in [1.29, 1.82) is 0 Å². The van der Waals surface area contributed by atoms with Gasteiger partial charge in [-0.2, -0.15) is 0 Å². The van der Waals surface area contributed by atoms with Gasteiger partial charge in [0.1, 0.15) is 12.6 Å². The Hall–Kier alpha value is -1.71. The van der Waals surface area contributed by atoms with Crippen molar-refractivity contribution in [3.8, 4) is 0 Å². The number of amides is 2. The van der Waals surface area contributed by atoms with Crippen molar-refractivity contribution in [2.75, 3.05) is 6.61 Å². The molecular weight excluding hydrogens is 234 g/mol. The van der Waals surface area contributed by atoms with Crippen LogP contribution in [-0.4, -0.2) is 40.8 Å². The normalized spacial score (nSPS) is 11.5. The first-order chi connectivity index (χ1) is 8.01. The summed E-state index contributed by atoms with van der Waals surface area (Å²) in [5, 5.41) is 16.3. The Morgan fingerprint density at radius 2 is 1.65 bits per heavy atom. The largest absolute Gasteiger partial charge is 0.464 e.